The molecule has 0 radical (unpaired) electrons. The van der Waals surface area contributed by atoms with E-state index in [0.717, 1.165) is 5.56 Å². The van der Waals surface area contributed by atoms with Crippen molar-refractivity contribution in [1.82, 2.24) is 0 Å². The maximum Gasteiger partial charge on any atom is 0.269 e. The van der Waals surface area contributed by atoms with E-state index in [0.29, 0.717) is 16.9 Å². The number of nitro benzene ring substituents is 1. The standard InChI is InChI=1S/C14H13N3O3/c1-9-8-14(18)10(2)7-13(9)16-15-11-3-5-12(6-4-11)17(19)20/h3-8,18H,1-2H3/b16-15+. The number of aryl methyl sites for hydroxylation is 2. The number of aromatic hydroxyl groups is 1. The van der Waals surface area contributed by atoms with Crippen LogP contribution in [0.1, 0.15) is 11.1 Å². The molecular formula is C14H13N3O3. The third-order valence-electron chi connectivity index (χ3n) is 2.85. The molecule has 0 fully saturated rings. The first kappa shape index (κ1) is 13.7. The zero-order chi connectivity index (χ0) is 14.7. The summed E-state index contributed by atoms with van der Waals surface area (Å²) in [6.45, 7) is 3.60. The molecule has 0 aliphatic carbocycles. The SMILES string of the molecule is Cc1cc(/N=N/c2ccc([N+](=O)[O-])cc2)c(C)cc1O. The van der Waals surface area contributed by atoms with Crippen LogP contribution in [0.3, 0.4) is 0 Å². The minimum atomic E-state index is -0.464. The highest BCUT2D eigenvalue weighted by molar-refractivity contribution is 5.53. The molecule has 0 atom stereocenters. The first-order chi connectivity index (χ1) is 9.47. The minimum absolute atomic E-state index is 0.0145. The van der Waals surface area contributed by atoms with Gasteiger partial charge in [-0.05, 0) is 49.2 Å². The Morgan fingerprint density at radius 2 is 1.70 bits per heavy atom. The fraction of sp³-hybridized carbons (Fsp3) is 0.143. The zero-order valence-electron chi connectivity index (χ0n) is 11.1. The molecule has 20 heavy (non-hydrogen) atoms. The molecule has 0 aliphatic rings. The normalized spacial score (nSPS) is 10.9. The number of hydrogen-bond acceptors (Lipinski definition) is 5. The maximum absolute atomic E-state index is 10.5. The van der Waals surface area contributed by atoms with E-state index in [1.54, 1.807) is 19.1 Å². The number of benzene rings is 2. The van der Waals surface area contributed by atoms with Crippen molar-refractivity contribution in [1.29, 1.82) is 0 Å². The third-order valence-corrected chi connectivity index (χ3v) is 2.85. The van der Waals surface area contributed by atoms with Crippen molar-refractivity contribution >= 4 is 17.1 Å². The van der Waals surface area contributed by atoms with Gasteiger partial charge in [-0.2, -0.15) is 10.2 Å². The molecule has 6 nitrogen and oxygen atoms in total. The fourth-order valence-electron chi connectivity index (χ4n) is 1.65. The summed E-state index contributed by atoms with van der Waals surface area (Å²) in [4.78, 5) is 10.1. The average molecular weight is 271 g/mol. The highest BCUT2D eigenvalue weighted by atomic mass is 16.6. The molecule has 2 rings (SSSR count). The summed E-state index contributed by atoms with van der Waals surface area (Å²) in [5.74, 6) is 0.219. The van der Waals surface area contributed by atoms with Gasteiger partial charge < -0.3 is 5.11 Å². The van der Waals surface area contributed by atoms with Crippen LogP contribution in [0.4, 0.5) is 17.1 Å². The highest BCUT2D eigenvalue weighted by Gasteiger charge is 2.04. The second kappa shape index (κ2) is 5.48. The van der Waals surface area contributed by atoms with Crippen LogP contribution in [0.15, 0.2) is 46.6 Å². The Labute approximate surface area is 115 Å². The van der Waals surface area contributed by atoms with Crippen molar-refractivity contribution in [2.24, 2.45) is 10.2 Å². The average Bonchev–Trinajstić information content (AvgIpc) is 2.42. The van der Waals surface area contributed by atoms with Crippen molar-refractivity contribution in [3.05, 3.63) is 57.6 Å². The van der Waals surface area contributed by atoms with Gasteiger partial charge in [0.1, 0.15) is 5.75 Å². The Morgan fingerprint density at radius 3 is 2.30 bits per heavy atom. The van der Waals surface area contributed by atoms with Crippen LogP contribution in [0.2, 0.25) is 0 Å². The van der Waals surface area contributed by atoms with Gasteiger partial charge in [-0.1, -0.05) is 0 Å². The van der Waals surface area contributed by atoms with Gasteiger partial charge in [0.15, 0.2) is 0 Å². The summed E-state index contributed by atoms with van der Waals surface area (Å²) in [5, 5.41) is 28.2. The van der Waals surface area contributed by atoms with Crippen LogP contribution in [0.5, 0.6) is 5.75 Å². The third kappa shape index (κ3) is 2.97. The van der Waals surface area contributed by atoms with Crippen molar-refractivity contribution in [3.8, 4) is 5.75 Å². The van der Waals surface area contributed by atoms with Crippen molar-refractivity contribution in [2.75, 3.05) is 0 Å². The lowest BCUT2D eigenvalue weighted by atomic mass is 10.1. The molecule has 0 aliphatic heterocycles. The lowest BCUT2D eigenvalue weighted by Gasteiger charge is -2.03. The summed E-state index contributed by atoms with van der Waals surface area (Å²) in [6, 6.07) is 9.18. The van der Waals surface area contributed by atoms with Gasteiger partial charge in [0.05, 0.1) is 16.3 Å². The molecule has 2 aromatic rings. The van der Waals surface area contributed by atoms with Crippen LogP contribution >= 0.6 is 0 Å². The minimum Gasteiger partial charge on any atom is -0.508 e. The number of rotatable bonds is 3. The smallest absolute Gasteiger partial charge is 0.269 e. The Balaban J connectivity index is 2.25. The summed E-state index contributed by atoms with van der Waals surface area (Å²) in [7, 11) is 0. The van der Waals surface area contributed by atoms with E-state index in [4.69, 9.17) is 0 Å². The van der Waals surface area contributed by atoms with Crippen molar-refractivity contribution < 1.29 is 10.0 Å². The van der Waals surface area contributed by atoms with Crippen LogP contribution < -0.4 is 0 Å². The first-order valence-corrected chi connectivity index (χ1v) is 5.94. The van der Waals surface area contributed by atoms with E-state index >= 15 is 0 Å². The summed E-state index contributed by atoms with van der Waals surface area (Å²) in [6.07, 6.45) is 0. The molecule has 0 saturated heterocycles. The van der Waals surface area contributed by atoms with Gasteiger partial charge in [0.2, 0.25) is 0 Å². The van der Waals surface area contributed by atoms with Crippen LogP contribution in [-0.2, 0) is 0 Å². The molecule has 102 valence electrons. The van der Waals surface area contributed by atoms with E-state index in [9.17, 15) is 15.2 Å². The van der Waals surface area contributed by atoms with Crippen LogP contribution in [0, 0.1) is 24.0 Å². The number of phenolic OH excluding ortho intramolecular Hbond substituents is 1. The molecule has 0 unspecified atom stereocenters. The Morgan fingerprint density at radius 1 is 1.05 bits per heavy atom. The molecule has 0 heterocycles. The topological polar surface area (TPSA) is 88.1 Å². The Kier molecular flexibility index (Phi) is 3.74. The van der Waals surface area contributed by atoms with Gasteiger partial charge in [0.25, 0.3) is 5.69 Å². The van der Waals surface area contributed by atoms with E-state index in [1.165, 1.54) is 24.3 Å². The highest BCUT2D eigenvalue weighted by Crippen LogP contribution is 2.28. The van der Waals surface area contributed by atoms with Gasteiger partial charge in [-0.15, -0.1) is 0 Å². The number of nitrogens with zero attached hydrogens (tertiary/aromatic N) is 3. The summed E-state index contributed by atoms with van der Waals surface area (Å²) < 4.78 is 0. The fourth-order valence-corrected chi connectivity index (χ4v) is 1.65. The van der Waals surface area contributed by atoms with E-state index in [1.807, 2.05) is 6.92 Å². The molecule has 1 N–H and O–H groups in total. The zero-order valence-corrected chi connectivity index (χ0v) is 11.1. The molecule has 2 aromatic carbocycles. The monoisotopic (exact) mass is 271 g/mol. The number of phenols is 1. The molecular weight excluding hydrogens is 258 g/mol. The molecule has 0 aromatic heterocycles. The number of nitro groups is 1. The second-order valence-electron chi connectivity index (χ2n) is 4.40. The van der Waals surface area contributed by atoms with E-state index in [-0.39, 0.29) is 11.4 Å². The molecule has 0 spiro atoms. The maximum atomic E-state index is 10.5. The van der Waals surface area contributed by atoms with Gasteiger partial charge in [-0.3, -0.25) is 10.1 Å². The van der Waals surface area contributed by atoms with Gasteiger partial charge in [0, 0.05) is 12.1 Å². The van der Waals surface area contributed by atoms with Gasteiger partial charge >= 0.3 is 0 Å². The quantitative estimate of drug-likeness (QED) is 0.511. The van der Waals surface area contributed by atoms with Crippen molar-refractivity contribution in [2.45, 2.75) is 13.8 Å². The Bertz CT molecular complexity index is 679. The van der Waals surface area contributed by atoms with E-state index < -0.39 is 4.92 Å². The second-order valence-corrected chi connectivity index (χ2v) is 4.40. The van der Waals surface area contributed by atoms with Crippen molar-refractivity contribution in [3.63, 3.8) is 0 Å². The molecule has 0 saturated carbocycles. The van der Waals surface area contributed by atoms with Crippen LogP contribution in [0.25, 0.3) is 0 Å². The largest absolute Gasteiger partial charge is 0.508 e. The lowest BCUT2D eigenvalue weighted by molar-refractivity contribution is -0.384. The lowest BCUT2D eigenvalue weighted by Crippen LogP contribution is -1.85. The van der Waals surface area contributed by atoms with Gasteiger partial charge in [-0.25, -0.2) is 0 Å². The summed E-state index contributed by atoms with van der Waals surface area (Å²) in [5.41, 5.74) is 2.71. The first-order valence-electron chi connectivity index (χ1n) is 5.94. The Hall–Kier alpha value is -2.76. The predicted molar refractivity (Wildman–Crippen MR) is 74.9 cm³/mol. The molecule has 0 bridgehead atoms. The molecule has 0 amide bonds. The van der Waals surface area contributed by atoms with Crippen LogP contribution in [-0.4, -0.2) is 10.0 Å². The predicted octanol–water partition coefficient (Wildman–Crippen LogP) is 4.33. The summed E-state index contributed by atoms with van der Waals surface area (Å²) >= 11 is 0. The number of hydrogen-bond donors (Lipinski definition) is 1. The molecule has 6 heteroatoms. The van der Waals surface area contributed by atoms with E-state index in [2.05, 4.69) is 10.2 Å². The number of azo groups is 1. The number of non-ortho nitro benzene ring substituents is 1.